The first-order valence-electron chi connectivity index (χ1n) is 8.96. The van der Waals surface area contributed by atoms with E-state index in [1.54, 1.807) is 0 Å². The highest BCUT2D eigenvalue weighted by molar-refractivity contribution is 5.78. The van der Waals surface area contributed by atoms with Crippen LogP contribution >= 0.6 is 0 Å². The highest BCUT2D eigenvalue weighted by Crippen LogP contribution is 2.32. The number of rotatable bonds is 5. The van der Waals surface area contributed by atoms with Gasteiger partial charge in [0.25, 0.3) is 0 Å². The molecule has 132 valence electrons. The summed E-state index contributed by atoms with van der Waals surface area (Å²) in [6, 6.07) is 8.25. The molecule has 1 aromatic rings. The summed E-state index contributed by atoms with van der Waals surface area (Å²) in [7, 11) is 0. The Labute approximate surface area is 144 Å². The molecular formula is C19H28N2O3. The van der Waals surface area contributed by atoms with Crippen molar-refractivity contribution in [3.63, 3.8) is 0 Å². The Balaban J connectivity index is 1.54. The molecule has 2 N–H and O–H groups in total. The molecule has 5 heteroatoms. The number of aliphatic hydroxyl groups excluding tert-OH is 1. The number of hydrogen-bond donors (Lipinski definition) is 2. The van der Waals surface area contributed by atoms with E-state index in [0.29, 0.717) is 26.3 Å². The smallest absolute Gasteiger partial charge is 0.234 e. The number of aryl methyl sites for hydroxylation is 1. The van der Waals surface area contributed by atoms with Crippen molar-refractivity contribution in [2.24, 2.45) is 5.92 Å². The first kappa shape index (κ1) is 17.4. The molecule has 2 fully saturated rings. The predicted octanol–water partition coefficient (Wildman–Crippen LogP) is 1.47. The quantitative estimate of drug-likeness (QED) is 0.857. The maximum atomic E-state index is 12.4. The van der Waals surface area contributed by atoms with Crippen molar-refractivity contribution < 1.29 is 14.6 Å². The van der Waals surface area contributed by atoms with E-state index in [9.17, 15) is 9.90 Å². The molecule has 5 nitrogen and oxygen atoms in total. The Hall–Kier alpha value is -1.43. The van der Waals surface area contributed by atoms with Gasteiger partial charge in [0.2, 0.25) is 5.91 Å². The zero-order valence-corrected chi connectivity index (χ0v) is 14.4. The summed E-state index contributed by atoms with van der Waals surface area (Å²) in [5.74, 6) is 0.270. The highest BCUT2D eigenvalue weighted by Gasteiger charge is 2.38. The van der Waals surface area contributed by atoms with Crippen LogP contribution in [0.2, 0.25) is 0 Å². The zero-order valence-electron chi connectivity index (χ0n) is 14.4. The fraction of sp³-hybridized carbons (Fsp3) is 0.632. The third kappa shape index (κ3) is 4.15. The molecular weight excluding hydrogens is 304 g/mol. The van der Waals surface area contributed by atoms with E-state index in [1.165, 1.54) is 5.56 Å². The molecule has 0 aromatic heterocycles. The maximum Gasteiger partial charge on any atom is 0.234 e. The van der Waals surface area contributed by atoms with Gasteiger partial charge in [0.15, 0.2) is 0 Å². The lowest BCUT2D eigenvalue weighted by atomic mass is 9.94. The molecule has 1 aromatic carbocycles. The van der Waals surface area contributed by atoms with Crippen molar-refractivity contribution in [1.29, 1.82) is 0 Å². The fourth-order valence-corrected chi connectivity index (χ4v) is 3.91. The van der Waals surface area contributed by atoms with Gasteiger partial charge in [-0.2, -0.15) is 0 Å². The Morgan fingerprint density at radius 3 is 2.96 bits per heavy atom. The minimum atomic E-state index is -0.255. The van der Waals surface area contributed by atoms with E-state index in [4.69, 9.17) is 4.74 Å². The lowest BCUT2D eigenvalue weighted by Crippen LogP contribution is -2.53. The van der Waals surface area contributed by atoms with Gasteiger partial charge >= 0.3 is 0 Å². The van der Waals surface area contributed by atoms with Gasteiger partial charge in [-0.1, -0.05) is 30.7 Å². The summed E-state index contributed by atoms with van der Waals surface area (Å²) in [5, 5.41) is 13.2. The number of ether oxygens (including phenoxy) is 1. The second-order valence-electron chi connectivity index (χ2n) is 6.98. The Kier molecular flexibility index (Phi) is 5.87. The average Bonchev–Trinajstić information content (AvgIpc) is 3.00. The molecule has 1 aliphatic heterocycles. The van der Waals surface area contributed by atoms with E-state index in [0.717, 1.165) is 31.4 Å². The van der Waals surface area contributed by atoms with Gasteiger partial charge in [-0.05, 0) is 30.9 Å². The van der Waals surface area contributed by atoms with Gasteiger partial charge in [-0.15, -0.1) is 0 Å². The van der Waals surface area contributed by atoms with Crippen molar-refractivity contribution in [1.82, 2.24) is 10.2 Å². The van der Waals surface area contributed by atoms with Gasteiger partial charge in [0, 0.05) is 25.0 Å². The summed E-state index contributed by atoms with van der Waals surface area (Å²) >= 11 is 0. The van der Waals surface area contributed by atoms with E-state index in [1.807, 2.05) is 18.2 Å². The Morgan fingerprint density at radius 2 is 2.21 bits per heavy atom. The molecule has 24 heavy (non-hydrogen) atoms. The van der Waals surface area contributed by atoms with Crippen molar-refractivity contribution in [2.75, 3.05) is 26.3 Å². The summed E-state index contributed by atoms with van der Waals surface area (Å²) in [4.78, 5) is 14.6. The monoisotopic (exact) mass is 332 g/mol. The molecule has 0 bridgehead atoms. The van der Waals surface area contributed by atoms with Gasteiger partial charge < -0.3 is 15.2 Å². The first-order chi connectivity index (χ1) is 11.6. The van der Waals surface area contributed by atoms with Crippen LogP contribution in [-0.4, -0.2) is 54.4 Å². The van der Waals surface area contributed by atoms with Crippen LogP contribution in [0.15, 0.2) is 24.3 Å². The van der Waals surface area contributed by atoms with E-state index >= 15 is 0 Å². The van der Waals surface area contributed by atoms with Gasteiger partial charge in [-0.25, -0.2) is 0 Å². The molecule has 3 rings (SSSR count). The third-order valence-corrected chi connectivity index (χ3v) is 5.39. The minimum Gasteiger partial charge on any atom is -0.393 e. The van der Waals surface area contributed by atoms with Crippen molar-refractivity contribution >= 4 is 5.91 Å². The third-order valence-electron chi connectivity index (χ3n) is 5.39. The van der Waals surface area contributed by atoms with E-state index in [-0.39, 0.29) is 24.0 Å². The molecule has 3 atom stereocenters. The normalized spacial score (nSPS) is 28.0. The van der Waals surface area contributed by atoms with Crippen LogP contribution < -0.4 is 5.32 Å². The Bertz CT molecular complexity index is 563. The number of morpholine rings is 1. The summed E-state index contributed by atoms with van der Waals surface area (Å²) in [6.45, 7) is 5.03. The van der Waals surface area contributed by atoms with Gasteiger partial charge in [0.1, 0.15) is 0 Å². The molecule has 0 radical (unpaired) electrons. The second kappa shape index (κ2) is 8.10. The zero-order chi connectivity index (χ0) is 16.9. The fourth-order valence-electron chi connectivity index (χ4n) is 3.91. The van der Waals surface area contributed by atoms with Crippen molar-refractivity contribution in [2.45, 2.75) is 44.9 Å². The lowest BCUT2D eigenvalue weighted by molar-refractivity contribution is -0.126. The van der Waals surface area contributed by atoms with Crippen LogP contribution in [-0.2, 0) is 16.1 Å². The molecule has 1 amide bonds. The molecule has 1 aliphatic carbocycles. The molecule has 1 saturated carbocycles. The van der Waals surface area contributed by atoms with Crippen LogP contribution in [0.4, 0.5) is 0 Å². The molecule has 2 aliphatic rings. The number of nitrogens with one attached hydrogen (secondary N) is 1. The molecule has 1 heterocycles. The number of nitrogens with zero attached hydrogens (tertiary/aromatic N) is 1. The van der Waals surface area contributed by atoms with Crippen molar-refractivity contribution in [3.05, 3.63) is 35.4 Å². The molecule has 0 spiro atoms. The molecule has 0 unspecified atom stereocenters. The number of carbonyl (C=O) groups is 1. The van der Waals surface area contributed by atoms with Crippen LogP contribution in [0.3, 0.4) is 0 Å². The minimum absolute atomic E-state index is 0.0395. The average molecular weight is 332 g/mol. The summed E-state index contributed by atoms with van der Waals surface area (Å²) in [6.07, 6.45) is 2.70. The topological polar surface area (TPSA) is 61.8 Å². The van der Waals surface area contributed by atoms with Crippen molar-refractivity contribution in [3.8, 4) is 0 Å². The van der Waals surface area contributed by atoms with Crippen LogP contribution in [0.1, 0.15) is 30.4 Å². The summed E-state index contributed by atoms with van der Waals surface area (Å²) < 4.78 is 5.62. The highest BCUT2D eigenvalue weighted by atomic mass is 16.5. The second-order valence-corrected chi connectivity index (χ2v) is 6.98. The lowest BCUT2D eigenvalue weighted by Gasteiger charge is -2.39. The number of benzene rings is 1. The number of hydrogen-bond acceptors (Lipinski definition) is 4. The maximum absolute atomic E-state index is 12.4. The number of aliphatic hydroxyl groups is 1. The van der Waals surface area contributed by atoms with Gasteiger partial charge in [0.05, 0.1) is 25.9 Å². The van der Waals surface area contributed by atoms with Crippen LogP contribution in [0.5, 0.6) is 0 Å². The summed E-state index contributed by atoms with van der Waals surface area (Å²) in [5.41, 5.74) is 2.34. The van der Waals surface area contributed by atoms with E-state index < -0.39 is 0 Å². The number of amides is 1. The molecule has 1 saturated heterocycles. The first-order valence-corrected chi connectivity index (χ1v) is 8.96. The van der Waals surface area contributed by atoms with Crippen LogP contribution in [0, 0.1) is 12.8 Å². The Morgan fingerprint density at radius 1 is 1.38 bits per heavy atom. The number of carbonyl (C=O) groups excluding carboxylic acids is 1. The van der Waals surface area contributed by atoms with Crippen LogP contribution in [0.25, 0.3) is 0 Å². The standard InChI is InChI=1S/C19H28N2O3/c1-14-5-2-3-6-15(14)11-20-19(23)12-21-9-10-24-13-17(21)16-7-4-8-18(16)22/h2-3,5-6,16-18,22H,4,7-13H2,1H3,(H,20,23)/t16-,17+,18-/m0/s1. The predicted molar refractivity (Wildman–Crippen MR) is 92.6 cm³/mol. The van der Waals surface area contributed by atoms with Gasteiger partial charge in [-0.3, -0.25) is 9.69 Å². The largest absolute Gasteiger partial charge is 0.393 e. The SMILES string of the molecule is Cc1ccccc1CNC(=O)CN1CCOC[C@@H]1[C@@H]1CCC[C@@H]1O. The van der Waals surface area contributed by atoms with E-state index in [2.05, 4.69) is 23.2 Å².